The van der Waals surface area contributed by atoms with Crippen LogP contribution in [0.2, 0.25) is 0 Å². The minimum Gasteiger partial charge on any atom is -0.198 e. The molecule has 0 spiro atoms. The number of nitriles is 1. The second kappa shape index (κ2) is 5.01. The van der Waals surface area contributed by atoms with Crippen LogP contribution in [0.3, 0.4) is 0 Å². The van der Waals surface area contributed by atoms with Crippen molar-refractivity contribution in [1.29, 1.82) is 5.26 Å². The molecule has 86 valence electrons. The van der Waals surface area contributed by atoms with E-state index >= 15 is 0 Å². The van der Waals surface area contributed by atoms with Crippen LogP contribution >= 0.6 is 0 Å². The van der Waals surface area contributed by atoms with Crippen molar-refractivity contribution in [2.75, 3.05) is 0 Å². The summed E-state index contributed by atoms with van der Waals surface area (Å²) >= 11 is 0. The molecule has 0 aromatic carbocycles. The maximum absolute atomic E-state index is 8.70. The highest BCUT2D eigenvalue weighted by atomic mass is 14.4. The summed E-state index contributed by atoms with van der Waals surface area (Å²) in [5, 5.41) is 8.70. The van der Waals surface area contributed by atoms with Crippen molar-refractivity contribution in [3.8, 4) is 6.07 Å². The smallest absolute Gasteiger partial charge is 0.0624 e. The molecule has 0 bridgehead atoms. The summed E-state index contributed by atoms with van der Waals surface area (Å²) < 4.78 is 0. The number of nitrogens with zero attached hydrogens (tertiary/aromatic N) is 1. The van der Waals surface area contributed by atoms with Gasteiger partial charge in [0.05, 0.1) is 6.07 Å². The molecular formula is C14H25N. The second-order valence-corrected chi connectivity index (χ2v) is 6.32. The Bertz CT molecular complexity index is 223. The zero-order valence-electron chi connectivity index (χ0n) is 10.7. The van der Waals surface area contributed by atoms with Crippen LogP contribution in [0.1, 0.15) is 59.8 Å². The fourth-order valence-corrected chi connectivity index (χ4v) is 2.86. The SMILES string of the molecule is CC(CC#N)C1CCC(C(C)(C)C)CC1. The Morgan fingerprint density at radius 1 is 1.20 bits per heavy atom. The lowest BCUT2D eigenvalue weighted by atomic mass is 9.67. The highest BCUT2D eigenvalue weighted by Crippen LogP contribution is 2.42. The van der Waals surface area contributed by atoms with E-state index in [-0.39, 0.29) is 0 Å². The lowest BCUT2D eigenvalue weighted by molar-refractivity contribution is 0.129. The largest absolute Gasteiger partial charge is 0.198 e. The van der Waals surface area contributed by atoms with E-state index in [1.165, 1.54) is 25.7 Å². The standard InChI is InChI=1S/C14H25N/c1-11(9-10-15)12-5-7-13(8-6-12)14(2,3)4/h11-13H,5-9H2,1-4H3. The van der Waals surface area contributed by atoms with Gasteiger partial charge in [0.25, 0.3) is 0 Å². The number of hydrogen-bond donors (Lipinski definition) is 0. The third-order valence-electron chi connectivity index (χ3n) is 4.21. The quantitative estimate of drug-likeness (QED) is 0.659. The van der Waals surface area contributed by atoms with Gasteiger partial charge >= 0.3 is 0 Å². The van der Waals surface area contributed by atoms with Crippen molar-refractivity contribution in [3.05, 3.63) is 0 Å². The fraction of sp³-hybridized carbons (Fsp3) is 0.929. The molecule has 1 fully saturated rings. The van der Waals surface area contributed by atoms with Gasteiger partial charge in [-0.05, 0) is 48.9 Å². The minimum absolute atomic E-state index is 0.476. The van der Waals surface area contributed by atoms with E-state index in [1.54, 1.807) is 0 Å². The lowest BCUT2D eigenvalue weighted by Crippen LogP contribution is -2.27. The summed E-state index contributed by atoms with van der Waals surface area (Å²) in [6.45, 7) is 9.31. The van der Waals surface area contributed by atoms with Gasteiger partial charge < -0.3 is 0 Å². The number of hydrogen-bond acceptors (Lipinski definition) is 1. The van der Waals surface area contributed by atoms with E-state index < -0.39 is 0 Å². The third kappa shape index (κ3) is 3.52. The van der Waals surface area contributed by atoms with Crippen LogP contribution in [0.25, 0.3) is 0 Å². The van der Waals surface area contributed by atoms with Gasteiger partial charge in [0.15, 0.2) is 0 Å². The Morgan fingerprint density at radius 3 is 2.13 bits per heavy atom. The van der Waals surface area contributed by atoms with Crippen molar-refractivity contribution in [3.63, 3.8) is 0 Å². The molecule has 0 amide bonds. The van der Waals surface area contributed by atoms with Gasteiger partial charge in [-0.15, -0.1) is 0 Å². The molecule has 0 N–H and O–H groups in total. The van der Waals surface area contributed by atoms with Gasteiger partial charge in [-0.3, -0.25) is 0 Å². The van der Waals surface area contributed by atoms with Gasteiger partial charge in [-0.1, -0.05) is 27.7 Å². The molecule has 0 radical (unpaired) electrons. The third-order valence-corrected chi connectivity index (χ3v) is 4.21. The molecule has 0 heterocycles. The topological polar surface area (TPSA) is 23.8 Å². The summed E-state index contributed by atoms with van der Waals surface area (Å²) in [6.07, 6.45) is 6.15. The maximum atomic E-state index is 8.70. The Kier molecular flexibility index (Phi) is 4.20. The van der Waals surface area contributed by atoms with Crippen LogP contribution < -0.4 is 0 Å². The molecule has 1 rings (SSSR count). The number of rotatable bonds is 2. The Labute approximate surface area is 94.9 Å². The average molecular weight is 207 g/mol. The molecule has 1 aliphatic rings. The van der Waals surface area contributed by atoms with Gasteiger partial charge in [0.2, 0.25) is 0 Å². The zero-order chi connectivity index (χ0) is 11.5. The summed E-state index contributed by atoms with van der Waals surface area (Å²) in [5.41, 5.74) is 0.476. The first-order valence-corrected chi connectivity index (χ1v) is 6.32. The average Bonchev–Trinajstić information content (AvgIpc) is 2.17. The summed E-state index contributed by atoms with van der Waals surface area (Å²) in [5.74, 6) is 2.31. The molecule has 0 aromatic heterocycles. The molecule has 0 aliphatic heterocycles. The van der Waals surface area contributed by atoms with E-state index in [9.17, 15) is 0 Å². The fourth-order valence-electron chi connectivity index (χ4n) is 2.86. The summed E-state index contributed by atoms with van der Waals surface area (Å²) in [7, 11) is 0. The second-order valence-electron chi connectivity index (χ2n) is 6.32. The van der Waals surface area contributed by atoms with Crippen LogP contribution in [-0.2, 0) is 0 Å². The zero-order valence-corrected chi connectivity index (χ0v) is 10.7. The maximum Gasteiger partial charge on any atom is 0.0624 e. The van der Waals surface area contributed by atoms with Crippen molar-refractivity contribution in [1.82, 2.24) is 0 Å². The highest BCUT2D eigenvalue weighted by Gasteiger charge is 2.31. The minimum atomic E-state index is 0.476. The molecule has 1 unspecified atom stereocenters. The Balaban J connectivity index is 2.40. The van der Waals surface area contributed by atoms with Crippen molar-refractivity contribution in [2.24, 2.45) is 23.2 Å². The Morgan fingerprint density at radius 2 is 1.73 bits per heavy atom. The van der Waals surface area contributed by atoms with Crippen LogP contribution in [0, 0.1) is 34.5 Å². The lowest BCUT2D eigenvalue weighted by Gasteiger charge is -2.38. The van der Waals surface area contributed by atoms with Gasteiger partial charge in [-0.2, -0.15) is 5.26 Å². The molecular weight excluding hydrogens is 182 g/mol. The van der Waals surface area contributed by atoms with Gasteiger partial charge in [0.1, 0.15) is 0 Å². The summed E-state index contributed by atoms with van der Waals surface area (Å²) in [6, 6.07) is 2.31. The normalized spacial score (nSPS) is 29.5. The molecule has 15 heavy (non-hydrogen) atoms. The monoisotopic (exact) mass is 207 g/mol. The Hall–Kier alpha value is -0.510. The molecule has 0 saturated heterocycles. The van der Waals surface area contributed by atoms with Crippen LogP contribution in [0.15, 0.2) is 0 Å². The van der Waals surface area contributed by atoms with Gasteiger partial charge in [-0.25, -0.2) is 0 Å². The van der Waals surface area contributed by atoms with E-state index in [0.717, 1.165) is 18.3 Å². The van der Waals surface area contributed by atoms with Crippen LogP contribution in [0.5, 0.6) is 0 Å². The van der Waals surface area contributed by atoms with Crippen molar-refractivity contribution >= 4 is 0 Å². The van der Waals surface area contributed by atoms with Crippen molar-refractivity contribution < 1.29 is 0 Å². The predicted octanol–water partition coefficient (Wildman–Crippen LogP) is 4.39. The molecule has 1 saturated carbocycles. The predicted molar refractivity (Wildman–Crippen MR) is 64.3 cm³/mol. The summed E-state index contributed by atoms with van der Waals surface area (Å²) in [4.78, 5) is 0. The van der Waals surface area contributed by atoms with E-state index in [0.29, 0.717) is 11.3 Å². The molecule has 1 heteroatoms. The van der Waals surface area contributed by atoms with Gasteiger partial charge in [0, 0.05) is 6.42 Å². The highest BCUT2D eigenvalue weighted by molar-refractivity contribution is 4.85. The molecule has 1 aliphatic carbocycles. The first-order chi connectivity index (χ1) is 6.95. The molecule has 1 atom stereocenters. The molecule has 1 nitrogen and oxygen atoms in total. The van der Waals surface area contributed by atoms with E-state index in [1.807, 2.05) is 0 Å². The van der Waals surface area contributed by atoms with E-state index in [2.05, 4.69) is 33.8 Å². The van der Waals surface area contributed by atoms with E-state index in [4.69, 9.17) is 5.26 Å². The van der Waals surface area contributed by atoms with Crippen LogP contribution in [-0.4, -0.2) is 0 Å². The van der Waals surface area contributed by atoms with Crippen molar-refractivity contribution in [2.45, 2.75) is 59.8 Å². The van der Waals surface area contributed by atoms with Crippen LogP contribution in [0.4, 0.5) is 0 Å². The first kappa shape index (κ1) is 12.6. The molecule has 0 aromatic rings. The first-order valence-electron chi connectivity index (χ1n) is 6.32.